The minimum Gasteiger partial charge on any atom is -0.543 e. The van der Waals surface area contributed by atoms with Crippen LogP contribution in [0.1, 0.15) is 38.3 Å². The number of fused-ring (bicyclic) bond motifs is 1. The third-order valence-corrected chi connectivity index (χ3v) is 8.75. The maximum Gasteiger partial charge on any atom is 0.311 e. The number of aryl methyl sites for hydroxylation is 1. The Balaban J connectivity index is 2.33. The summed E-state index contributed by atoms with van der Waals surface area (Å²) in [6.07, 6.45) is 1.23. The van der Waals surface area contributed by atoms with Gasteiger partial charge >= 0.3 is 5.97 Å². The second-order valence-corrected chi connectivity index (χ2v) is 11.8. The van der Waals surface area contributed by atoms with E-state index in [1.165, 1.54) is 0 Å². The van der Waals surface area contributed by atoms with Crippen molar-refractivity contribution in [2.24, 2.45) is 0 Å². The maximum atomic E-state index is 11.4. The van der Waals surface area contributed by atoms with Gasteiger partial charge in [-0.05, 0) is 48.7 Å². The van der Waals surface area contributed by atoms with Gasteiger partial charge in [0.2, 0.25) is 8.32 Å². The minimum absolute atomic E-state index is 0.146. The van der Waals surface area contributed by atoms with Crippen LogP contribution in [0.25, 0.3) is 0 Å². The molecule has 2 rings (SSSR count). The summed E-state index contributed by atoms with van der Waals surface area (Å²) in [4.78, 5) is 11.4. The molecule has 4 heteroatoms. The highest BCUT2D eigenvalue weighted by molar-refractivity contribution is 6.74. The molecule has 1 aromatic carbocycles. The van der Waals surface area contributed by atoms with E-state index in [0.29, 0.717) is 12.2 Å². The first kappa shape index (κ1) is 15.1. The third kappa shape index (κ3) is 2.90. The van der Waals surface area contributed by atoms with Crippen LogP contribution in [-0.2, 0) is 11.2 Å². The van der Waals surface area contributed by atoms with Gasteiger partial charge in [0.25, 0.3) is 0 Å². The van der Waals surface area contributed by atoms with Gasteiger partial charge in [0.1, 0.15) is 11.5 Å². The largest absolute Gasteiger partial charge is 0.543 e. The number of hydrogen-bond acceptors (Lipinski definition) is 3. The molecule has 0 radical (unpaired) electrons. The lowest BCUT2D eigenvalue weighted by atomic mass is 10.0. The fraction of sp³-hybridized carbons (Fsp3) is 0.562. The molecule has 20 heavy (non-hydrogen) atoms. The maximum absolute atomic E-state index is 11.4. The highest BCUT2D eigenvalue weighted by Gasteiger charge is 2.39. The van der Waals surface area contributed by atoms with Gasteiger partial charge in [0.05, 0.1) is 6.42 Å². The van der Waals surface area contributed by atoms with Gasteiger partial charge < -0.3 is 9.16 Å². The van der Waals surface area contributed by atoms with E-state index in [0.717, 1.165) is 23.3 Å². The Morgan fingerprint density at radius 1 is 1.20 bits per heavy atom. The van der Waals surface area contributed by atoms with Crippen LogP contribution in [-0.4, -0.2) is 14.3 Å². The van der Waals surface area contributed by atoms with E-state index >= 15 is 0 Å². The van der Waals surface area contributed by atoms with E-state index in [4.69, 9.17) is 9.16 Å². The molecule has 0 N–H and O–H groups in total. The zero-order valence-electron chi connectivity index (χ0n) is 13.3. The smallest absolute Gasteiger partial charge is 0.311 e. The van der Waals surface area contributed by atoms with E-state index < -0.39 is 8.32 Å². The van der Waals surface area contributed by atoms with Gasteiger partial charge in [-0.25, -0.2) is 0 Å². The molecular formula is C16H24O3Si. The SMILES string of the molecule is Cc1cc(O[Si](C)(C)C(C)(C)C)cc2c1CCC(=O)O2. The van der Waals surface area contributed by atoms with Crippen LogP contribution in [0, 0.1) is 6.92 Å². The van der Waals surface area contributed by atoms with Crippen molar-refractivity contribution in [1.82, 2.24) is 0 Å². The number of carbonyl (C=O) groups excluding carboxylic acids is 1. The van der Waals surface area contributed by atoms with Crippen LogP contribution < -0.4 is 9.16 Å². The first-order valence-electron chi connectivity index (χ1n) is 7.13. The lowest BCUT2D eigenvalue weighted by molar-refractivity contribution is -0.135. The lowest BCUT2D eigenvalue weighted by Gasteiger charge is -2.36. The summed E-state index contributed by atoms with van der Waals surface area (Å²) in [6.45, 7) is 13.1. The molecule has 0 bridgehead atoms. The Morgan fingerprint density at radius 3 is 2.45 bits per heavy atom. The molecule has 0 saturated heterocycles. The van der Waals surface area contributed by atoms with Gasteiger partial charge in [-0.2, -0.15) is 0 Å². The molecule has 0 aromatic heterocycles. The minimum atomic E-state index is -1.87. The van der Waals surface area contributed by atoms with Crippen LogP contribution in [0.5, 0.6) is 11.5 Å². The Labute approximate surface area is 122 Å². The summed E-state index contributed by atoms with van der Waals surface area (Å²) in [5, 5.41) is 0.146. The summed E-state index contributed by atoms with van der Waals surface area (Å²) in [5.41, 5.74) is 2.27. The molecule has 0 spiro atoms. The molecule has 3 nitrogen and oxygen atoms in total. The Kier molecular flexibility index (Phi) is 3.71. The fourth-order valence-electron chi connectivity index (χ4n) is 2.07. The number of hydrogen-bond donors (Lipinski definition) is 0. The van der Waals surface area contributed by atoms with Crippen molar-refractivity contribution in [3.63, 3.8) is 0 Å². The van der Waals surface area contributed by atoms with Crippen molar-refractivity contribution in [3.05, 3.63) is 23.3 Å². The molecule has 0 unspecified atom stereocenters. The van der Waals surface area contributed by atoms with E-state index in [1.807, 2.05) is 6.07 Å². The normalized spacial score (nSPS) is 15.6. The number of esters is 1. The first-order chi connectivity index (χ1) is 9.10. The molecule has 0 fully saturated rings. The molecule has 1 aliphatic rings. The molecule has 0 saturated carbocycles. The number of ether oxygens (including phenoxy) is 1. The van der Waals surface area contributed by atoms with Gasteiger partial charge in [0, 0.05) is 6.07 Å². The molecule has 1 aliphatic heterocycles. The van der Waals surface area contributed by atoms with Crippen LogP contribution in [0.3, 0.4) is 0 Å². The van der Waals surface area contributed by atoms with Gasteiger partial charge in [-0.3, -0.25) is 4.79 Å². The van der Waals surface area contributed by atoms with E-state index in [1.54, 1.807) is 0 Å². The lowest BCUT2D eigenvalue weighted by Crippen LogP contribution is -2.43. The van der Waals surface area contributed by atoms with Crippen LogP contribution in [0.4, 0.5) is 0 Å². The molecule has 0 atom stereocenters. The Hall–Kier alpha value is -1.29. The molecular weight excluding hydrogens is 268 g/mol. The number of benzene rings is 1. The van der Waals surface area contributed by atoms with Crippen molar-refractivity contribution >= 4 is 14.3 Å². The molecule has 1 aromatic rings. The first-order valence-corrected chi connectivity index (χ1v) is 10.0. The Bertz CT molecular complexity index is 541. The number of carbonyl (C=O) groups is 1. The van der Waals surface area contributed by atoms with Gasteiger partial charge in [-0.15, -0.1) is 0 Å². The highest BCUT2D eigenvalue weighted by Crippen LogP contribution is 2.39. The van der Waals surface area contributed by atoms with Gasteiger partial charge in [0.15, 0.2) is 0 Å². The summed E-state index contributed by atoms with van der Waals surface area (Å²) < 4.78 is 11.6. The number of rotatable bonds is 2. The molecule has 110 valence electrons. The standard InChI is InChI=1S/C16H24O3Si/c1-11-9-12(19-20(5,6)16(2,3)4)10-14-13(11)7-8-15(17)18-14/h9-10H,7-8H2,1-6H3. The van der Waals surface area contributed by atoms with Crippen LogP contribution in [0.2, 0.25) is 18.1 Å². The Morgan fingerprint density at radius 2 is 1.85 bits per heavy atom. The summed E-state index contributed by atoms with van der Waals surface area (Å²) in [5.74, 6) is 1.35. The van der Waals surface area contributed by atoms with Crippen molar-refractivity contribution in [3.8, 4) is 11.5 Å². The quantitative estimate of drug-likeness (QED) is 0.465. The van der Waals surface area contributed by atoms with Crippen molar-refractivity contribution in [2.75, 3.05) is 0 Å². The van der Waals surface area contributed by atoms with Gasteiger partial charge in [-0.1, -0.05) is 20.8 Å². The molecule has 0 aliphatic carbocycles. The predicted octanol–water partition coefficient (Wildman–Crippen LogP) is 4.23. The third-order valence-electron chi connectivity index (χ3n) is 4.39. The summed E-state index contributed by atoms with van der Waals surface area (Å²) >= 11 is 0. The van der Waals surface area contributed by atoms with Crippen molar-refractivity contribution in [1.29, 1.82) is 0 Å². The monoisotopic (exact) mass is 292 g/mol. The zero-order valence-corrected chi connectivity index (χ0v) is 14.3. The summed E-state index contributed by atoms with van der Waals surface area (Å²) in [7, 11) is -1.87. The average Bonchev–Trinajstić information content (AvgIpc) is 2.25. The van der Waals surface area contributed by atoms with Crippen molar-refractivity contribution in [2.45, 2.75) is 58.7 Å². The van der Waals surface area contributed by atoms with E-state index in [9.17, 15) is 4.79 Å². The predicted molar refractivity (Wildman–Crippen MR) is 83.0 cm³/mol. The van der Waals surface area contributed by atoms with E-state index in [-0.39, 0.29) is 11.0 Å². The fourth-order valence-corrected chi connectivity index (χ4v) is 3.08. The zero-order chi connectivity index (χ0) is 15.1. The molecule has 1 heterocycles. The van der Waals surface area contributed by atoms with Crippen LogP contribution in [0.15, 0.2) is 12.1 Å². The van der Waals surface area contributed by atoms with Crippen molar-refractivity contribution < 1.29 is 14.0 Å². The summed E-state index contributed by atoms with van der Waals surface area (Å²) in [6, 6.07) is 3.94. The average molecular weight is 292 g/mol. The topological polar surface area (TPSA) is 35.5 Å². The van der Waals surface area contributed by atoms with E-state index in [2.05, 4.69) is 46.9 Å². The van der Waals surface area contributed by atoms with Crippen LogP contribution >= 0.6 is 0 Å². The highest BCUT2D eigenvalue weighted by atomic mass is 28.4. The second kappa shape index (κ2) is 4.92. The molecule has 0 amide bonds. The second-order valence-electron chi connectivity index (χ2n) is 7.05.